The highest BCUT2D eigenvalue weighted by atomic mass is 35.5. The molecular weight excluding hydrogens is 356 g/mol. The summed E-state index contributed by atoms with van der Waals surface area (Å²) in [6.07, 6.45) is 1.96. The van der Waals surface area contributed by atoms with Crippen LogP contribution < -0.4 is 20.5 Å². The molecule has 6 nitrogen and oxygen atoms in total. The first-order chi connectivity index (χ1) is 11.9. The number of carbonyl (C=O) groups is 1. The largest absolute Gasteiger partial charge is 0.493 e. The zero-order valence-corrected chi connectivity index (χ0v) is 16.7. The monoisotopic (exact) mass is 384 g/mol. The molecule has 1 heterocycles. The normalized spacial score (nSPS) is 28.8. The van der Waals surface area contributed by atoms with E-state index >= 15 is 0 Å². The van der Waals surface area contributed by atoms with E-state index in [1.807, 2.05) is 32.0 Å². The number of methoxy groups -OCH3 is 2. The van der Waals surface area contributed by atoms with Gasteiger partial charge in [0.05, 0.1) is 20.3 Å². The van der Waals surface area contributed by atoms with Crippen molar-refractivity contribution in [2.45, 2.75) is 44.9 Å². The molecule has 3 rings (SSSR count). The Morgan fingerprint density at radius 1 is 1.31 bits per heavy atom. The van der Waals surface area contributed by atoms with Crippen molar-refractivity contribution in [2.24, 2.45) is 17.1 Å². The maximum absolute atomic E-state index is 12.9. The first kappa shape index (κ1) is 20.8. The van der Waals surface area contributed by atoms with Crippen LogP contribution in [-0.4, -0.2) is 38.4 Å². The molecule has 1 saturated heterocycles. The molecule has 1 aromatic rings. The van der Waals surface area contributed by atoms with Gasteiger partial charge in [-0.25, -0.2) is 0 Å². The number of hydrogen-bond donors (Lipinski definition) is 2. The molecule has 1 saturated carbocycles. The number of nitrogens with one attached hydrogen (secondary N) is 1. The van der Waals surface area contributed by atoms with E-state index < -0.39 is 5.54 Å². The van der Waals surface area contributed by atoms with E-state index in [1.54, 1.807) is 14.2 Å². The van der Waals surface area contributed by atoms with Gasteiger partial charge in [0.25, 0.3) is 0 Å². The predicted octanol–water partition coefficient (Wildman–Crippen LogP) is 2.27. The molecule has 7 heteroatoms. The molecule has 0 aromatic heterocycles. The molecule has 1 aliphatic heterocycles. The van der Waals surface area contributed by atoms with Crippen LogP contribution in [0.2, 0.25) is 0 Å². The minimum Gasteiger partial charge on any atom is -0.493 e. The van der Waals surface area contributed by atoms with Crippen molar-refractivity contribution in [1.82, 2.24) is 5.32 Å². The van der Waals surface area contributed by atoms with Crippen molar-refractivity contribution >= 4 is 18.3 Å². The minimum atomic E-state index is -0.894. The van der Waals surface area contributed by atoms with E-state index in [9.17, 15) is 4.79 Å². The standard InChI is InChI=1S/C19H28N2O4.ClH/c1-18(2)16-13(6-5-9-25-16)19(18,20)17(22)21-11-12-7-8-14(23-3)15(10-12)24-4;/h7-8,10,13,16H,5-6,9,11,20H2,1-4H3,(H,21,22);1H. The lowest BCUT2D eigenvalue weighted by Gasteiger charge is -2.65. The summed E-state index contributed by atoms with van der Waals surface area (Å²) in [4.78, 5) is 12.9. The lowest BCUT2D eigenvalue weighted by Crippen LogP contribution is -2.82. The highest BCUT2D eigenvalue weighted by molar-refractivity contribution is 5.89. The van der Waals surface area contributed by atoms with Gasteiger partial charge in [-0.2, -0.15) is 0 Å². The zero-order valence-electron chi connectivity index (χ0n) is 15.8. The fraction of sp³-hybridized carbons (Fsp3) is 0.632. The van der Waals surface area contributed by atoms with Gasteiger partial charge in [-0.15, -0.1) is 12.4 Å². The van der Waals surface area contributed by atoms with Crippen LogP contribution in [0.1, 0.15) is 32.3 Å². The van der Waals surface area contributed by atoms with Gasteiger partial charge in [-0.1, -0.05) is 19.9 Å². The first-order valence-corrected chi connectivity index (χ1v) is 8.76. The van der Waals surface area contributed by atoms with Crippen molar-refractivity contribution in [3.8, 4) is 11.5 Å². The van der Waals surface area contributed by atoms with Gasteiger partial charge in [0.1, 0.15) is 5.54 Å². The Labute approximate surface area is 161 Å². The second kappa shape index (κ2) is 7.62. The summed E-state index contributed by atoms with van der Waals surface area (Å²) in [6, 6.07) is 5.60. The van der Waals surface area contributed by atoms with Crippen LogP contribution in [0.3, 0.4) is 0 Å². The van der Waals surface area contributed by atoms with Crippen LogP contribution in [0.25, 0.3) is 0 Å². The maximum atomic E-state index is 12.9. The summed E-state index contributed by atoms with van der Waals surface area (Å²) in [7, 11) is 3.19. The summed E-state index contributed by atoms with van der Waals surface area (Å²) in [5.74, 6) is 1.28. The molecule has 146 valence electrons. The number of rotatable bonds is 5. The van der Waals surface area contributed by atoms with E-state index in [0.29, 0.717) is 18.0 Å². The Hall–Kier alpha value is -1.50. The van der Waals surface area contributed by atoms with Crippen molar-refractivity contribution in [2.75, 3.05) is 20.8 Å². The molecule has 0 bridgehead atoms. The molecule has 1 aliphatic carbocycles. The number of ether oxygens (including phenoxy) is 3. The van der Waals surface area contributed by atoms with E-state index in [0.717, 1.165) is 25.0 Å². The van der Waals surface area contributed by atoms with Crippen molar-refractivity contribution in [3.63, 3.8) is 0 Å². The fourth-order valence-corrected chi connectivity index (χ4v) is 4.36. The summed E-state index contributed by atoms with van der Waals surface area (Å²) in [5.41, 5.74) is 6.27. The number of carbonyl (C=O) groups excluding carboxylic acids is 1. The average Bonchev–Trinajstić information content (AvgIpc) is 2.64. The molecule has 3 N–H and O–H groups in total. The highest BCUT2D eigenvalue weighted by Gasteiger charge is 2.70. The number of nitrogens with two attached hydrogens (primary N) is 1. The van der Waals surface area contributed by atoms with E-state index in [2.05, 4.69) is 5.32 Å². The summed E-state index contributed by atoms with van der Waals surface area (Å²) in [5, 5.41) is 3.00. The third kappa shape index (κ3) is 3.04. The molecular formula is C19H29ClN2O4. The summed E-state index contributed by atoms with van der Waals surface area (Å²) in [6.45, 7) is 5.20. The molecule has 1 aromatic carbocycles. The lowest BCUT2D eigenvalue weighted by molar-refractivity contribution is -0.225. The zero-order chi connectivity index (χ0) is 18.2. The van der Waals surface area contributed by atoms with E-state index in [-0.39, 0.29) is 35.8 Å². The quantitative estimate of drug-likeness (QED) is 0.813. The SMILES string of the molecule is COc1ccc(CNC(=O)C2(N)C3CCCOC3C2(C)C)cc1OC.Cl. The Morgan fingerprint density at radius 2 is 2.00 bits per heavy atom. The number of hydrogen-bond acceptors (Lipinski definition) is 5. The number of benzene rings is 1. The predicted molar refractivity (Wildman–Crippen MR) is 102 cm³/mol. The van der Waals surface area contributed by atoms with Crippen LogP contribution in [0.5, 0.6) is 11.5 Å². The molecule has 3 unspecified atom stereocenters. The summed E-state index contributed by atoms with van der Waals surface area (Å²) >= 11 is 0. The van der Waals surface area contributed by atoms with Crippen molar-refractivity contribution in [3.05, 3.63) is 23.8 Å². The molecule has 3 atom stereocenters. The summed E-state index contributed by atoms with van der Waals surface area (Å²) < 4.78 is 16.4. The van der Waals surface area contributed by atoms with Crippen LogP contribution in [0, 0.1) is 11.3 Å². The third-order valence-corrected chi connectivity index (χ3v) is 5.96. The Morgan fingerprint density at radius 3 is 2.65 bits per heavy atom. The van der Waals surface area contributed by atoms with Gasteiger partial charge in [0.2, 0.25) is 5.91 Å². The Bertz CT molecular complexity index is 667. The van der Waals surface area contributed by atoms with Crippen LogP contribution in [0.15, 0.2) is 18.2 Å². The van der Waals surface area contributed by atoms with Crippen LogP contribution in [-0.2, 0) is 16.1 Å². The van der Waals surface area contributed by atoms with Crippen molar-refractivity contribution in [1.29, 1.82) is 0 Å². The fourth-order valence-electron chi connectivity index (χ4n) is 4.36. The topological polar surface area (TPSA) is 82.8 Å². The number of halogens is 1. The molecule has 0 radical (unpaired) electrons. The molecule has 1 amide bonds. The average molecular weight is 385 g/mol. The molecule has 26 heavy (non-hydrogen) atoms. The third-order valence-electron chi connectivity index (χ3n) is 5.96. The number of fused-ring (bicyclic) bond motifs is 1. The molecule has 2 fully saturated rings. The van der Waals surface area contributed by atoms with E-state index in [4.69, 9.17) is 19.9 Å². The van der Waals surface area contributed by atoms with Gasteiger partial charge in [0.15, 0.2) is 11.5 Å². The smallest absolute Gasteiger partial charge is 0.241 e. The van der Waals surface area contributed by atoms with Crippen molar-refractivity contribution < 1.29 is 19.0 Å². The van der Waals surface area contributed by atoms with Gasteiger partial charge in [-0.3, -0.25) is 4.79 Å². The molecule has 0 spiro atoms. The van der Waals surface area contributed by atoms with E-state index in [1.165, 1.54) is 0 Å². The van der Waals surface area contributed by atoms with Gasteiger partial charge in [0, 0.05) is 24.5 Å². The van der Waals surface area contributed by atoms with Gasteiger partial charge < -0.3 is 25.3 Å². The highest BCUT2D eigenvalue weighted by Crippen LogP contribution is 2.57. The Balaban J connectivity index is 0.00000243. The number of amides is 1. The maximum Gasteiger partial charge on any atom is 0.241 e. The van der Waals surface area contributed by atoms with Gasteiger partial charge >= 0.3 is 0 Å². The minimum absolute atomic E-state index is 0. The Kier molecular flexibility index (Phi) is 6.10. The van der Waals surface area contributed by atoms with Gasteiger partial charge in [-0.05, 0) is 30.5 Å². The first-order valence-electron chi connectivity index (χ1n) is 8.76. The van der Waals surface area contributed by atoms with Crippen LogP contribution in [0.4, 0.5) is 0 Å². The van der Waals surface area contributed by atoms with Crippen LogP contribution >= 0.6 is 12.4 Å². The second-order valence-electron chi connectivity index (χ2n) is 7.50. The second-order valence-corrected chi connectivity index (χ2v) is 7.50. The lowest BCUT2D eigenvalue weighted by atomic mass is 9.46. The molecule has 2 aliphatic rings.